The molecule has 0 aliphatic carbocycles. The van der Waals surface area contributed by atoms with Crippen molar-refractivity contribution in [2.24, 2.45) is 0 Å². The lowest BCUT2D eigenvalue weighted by atomic mass is 10.0. The molecule has 0 fully saturated rings. The van der Waals surface area contributed by atoms with Gasteiger partial charge in [0.2, 0.25) is 0 Å². The number of benzene rings is 2. The van der Waals surface area contributed by atoms with Crippen LogP contribution in [0, 0.1) is 3.57 Å². The zero-order valence-electron chi connectivity index (χ0n) is 9.91. The van der Waals surface area contributed by atoms with Crippen molar-refractivity contribution in [2.45, 2.75) is 0 Å². The van der Waals surface area contributed by atoms with Gasteiger partial charge in [0.15, 0.2) is 5.78 Å². The molecule has 2 aromatic rings. The van der Waals surface area contributed by atoms with Gasteiger partial charge in [-0.3, -0.25) is 4.79 Å². The lowest BCUT2D eigenvalue weighted by molar-refractivity contribution is 0.103. The lowest BCUT2D eigenvalue weighted by Crippen LogP contribution is -2.04. The molecular weight excluding hydrogens is 442 g/mol. The van der Waals surface area contributed by atoms with E-state index in [4.69, 9.17) is 16.3 Å². The predicted molar refractivity (Wildman–Crippen MR) is 88.3 cm³/mol. The molecule has 0 bridgehead atoms. The maximum Gasteiger partial charge on any atom is 0.194 e. The molecule has 2 rings (SSSR count). The van der Waals surface area contributed by atoms with Gasteiger partial charge in [0.25, 0.3) is 0 Å². The molecule has 0 spiro atoms. The van der Waals surface area contributed by atoms with E-state index in [1.165, 1.54) is 0 Å². The molecule has 0 aliphatic rings. The van der Waals surface area contributed by atoms with E-state index >= 15 is 0 Å². The van der Waals surface area contributed by atoms with Gasteiger partial charge in [-0.05, 0) is 74.9 Å². The van der Waals surface area contributed by atoms with Crippen LogP contribution < -0.4 is 4.74 Å². The first-order chi connectivity index (χ1) is 9.02. The van der Waals surface area contributed by atoms with Crippen LogP contribution in [0.4, 0.5) is 0 Å². The molecule has 0 aliphatic heterocycles. The summed E-state index contributed by atoms with van der Waals surface area (Å²) in [6.07, 6.45) is 0. The monoisotopic (exact) mass is 450 g/mol. The molecule has 2 aromatic carbocycles. The summed E-state index contributed by atoms with van der Waals surface area (Å²) in [5.74, 6) is 0.632. The fraction of sp³-hybridized carbons (Fsp3) is 0.0714. The molecule has 0 saturated heterocycles. The molecular formula is C14H9BrClIO2. The van der Waals surface area contributed by atoms with Gasteiger partial charge in [0.1, 0.15) is 5.75 Å². The third-order valence-electron chi connectivity index (χ3n) is 2.59. The largest absolute Gasteiger partial charge is 0.496 e. The lowest BCUT2D eigenvalue weighted by Gasteiger charge is -2.07. The highest BCUT2D eigenvalue weighted by molar-refractivity contribution is 14.1. The molecule has 0 unspecified atom stereocenters. The Bertz CT molecular complexity index is 643. The number of rotatable bonds is 3. The highest BCUT2D eigenvalue weighted by atomic mass is 127. The highest BCUT2D eigenvalue weighted by Crippen LogP contribution is 2.28. The highest BCUT2D eigenvalue weighted by Gasteiger charge is 2.14. The van der Waals surface area contributed by atoms with E-state index in [1.54, 1.807) is 37.4 Å². The van der Waals surface area contributed by atoms with Crippen LogP contribution in [0.5, 0.6) is 5.75 Å². The third-order valence-corrected chi connectivity index (χ3v) is 4.38. The van der Waals surface area contributed by atoms with Gasteiger partial charge in [-0.2, -0.15) is 0 Å². The Balaban J connectivity index is 2.44. The standard InChI is InChI=1S/C14H9BrClIO2/c1-19-13-5-2-8(6-11(13)15)14(18)10-7-9(16)3-4-12(10)17/h2-7H,1H3. The summed E-state index contributed by atoms with van der Waals surface area (Å²) >= 11 is 11.4. The van der Waals surface area contributed by atoms with Crippen LogP contribution in [0.2, 0.25) is 5.02 Å². The van der Waals surface area contributed by atoms with Gasteiger partial charge in [-0.15, -0.1) is 0 Å². The van der Waals surface area contributed by atoms with Crippen molar-refractivity contribution in [1.29, 1.82) is 0 Å². The number of halogens is 3. The molecule has 0 amide bonds. The molecule has 0 heterocycles. The van der Waals surface area contributed by atoms with E-state index in [1.807, 2.05) is 6.07 Å². The average molecular weight is 451 g/mol. The van der Waals surface area contributed by atoms with E-state index in [0.29, 0.717) is 21.9 Å². The topological polar surface area (TPSA) is 26.3 Å². The summed E-state index contributed by atoms with van der Waals surface area (Å²) in [5, 5.41) is 0.552. The Hall–Kier alpha value is -0.590. The van der Waals surface area contributed by atoms with Crippen molar-refractivity contribution in [3.63, 3.8) is 0 Å². The number of ketones is 1. The first kappa shape index (κ1) is 14.8. The van der Waals surface area contributed by atoms with E-state index in [0.717, 1.165) is 8.04 Å². The second-order valence-electron chi connectivity index (χ2n) is 3.80. The number of methoxy groups -OCH3 is 1. The Morgan fingerprint density at radius 3 is 2.63 bits per heavy atom. The van der Waals surface area contributed by atoms with Crippen LogP contribution >= 0.6 is 50.1 Å². The fourth-order valence-corrected chi connectivity index (χ4v) is 2.93. The van der Waals surface area contributed by atoms with Gasteiger partial charge in [0.05, 0.1) is 11.6 Å². The number of hydrogen-bond donors (Lipinski definition) is 0. The van der Waals surface area contributed by atoms with Crippen LogP contribution in [0.3, 0.4) is 0 Å². The zero-order chi connectivity index (χ0) is 14.0. The van der Waals surface area contributed by atoms with Crippen LogP contribution in [0.15, 0.2) is 40.9 Å². The summed E-state index contributed by atoms with van der Waals surface area (Å²) < 4.78 is 6.77. The minimum atomic E-state index is -0.0600. The molecule has 98 valence electrons. The number of carbonyl (C=O) groups is 1. The third kappa shape index (κ3) is 3.30. The van der Waals surface area contributed by atoms with Crippen molar-refractivity contribution >= 4 is 55.9 Å². The Kier molecular flexibility index (Phi) is 4.86. The Labute approximate surface area is 138 Å². The van der Waals surface area contributed by atoms with Crippen molar-refractivity contribution in [3.8, 4) is 5.75 Å². The average Bonchev–Trinajstić information content (AvgIpc) is 2.40. The Morgan fingerprint density at radius 2 is 2.00 bits per heavy atom. The number of hydrogen-bond acceptors (Lipinski definition) is 2. The molecule has 0 radical (unpaired) electrons. The predicted octanol–water partition coefficient (Wildman–Crippen LogP) is 4.95. The van der Waals surface area contributed by atoms with Gasteiger partial charge >= 0.3 is 0 Å². The van der Waals surface area contributed by atoms with Crippen LogP contribution in [0.1, 0.15) is 15.9 Å². The first-order valence-electron chi connectivity index (χ1n) is 5.36. The number of ether oxygens (including phenoxy) is 1. The van der Waals surface area contributed by atoms with Crippen molar-refractivity contribution < 1.29 is 9.53 Å². The van der Waals surface area contributed by atoms with Crippen LogP contribution in [0.25, 0.3) is 0 Å². The van der Waals surface area contributed by atoms with Crippen LogP contribution in [-0.4, -0.2) is 12.9 Å². The maximum absolute atomic E-state index is 12.4. The van der Waals surface area contributed by atoms with Gasteiger partial charge < -0.3 is 4.74 Å². The molecule has 19 heavy (non-hydrogen) atoms. The van der Waals surface area contributed by atoms with Gasteiger partial charge in [0, 0.05) is 19.7 Å². The van der Waals surface area contributed by atoms with E-state index < -0.39 is 0 Å². The normalized spacial score (nSPS) is 10.3. The van der Waals surface area contributed by atoms with Gasteiger partial charge in [-0.1, -0.05) is 11.6 Å². The van der Waals surface area contributed by atoms with Gasteiger partial charge in [-0.25, -0.2) is 0 Å². The molecule has 2 nitrogen and oxygen atoms in total. The molecule has 0 saturated carbocycles. The summed E-state index contributed by atoms with van der Waals surface area (Å²) in [4.78, 5) is 12.4. The molecule has 0 atom stereocenters. The minimum Gasteiger partial charge on any atom is -0.496 e. The zero-order valence-corrected chi connectivity index (χ0v) is 14.4. The second-order valence-corrected chi connectivity index (χ2v) is 6.26. The molecule has 0 N–H and O–H groups in total. The quantitative estimate of drug-likeness (QED) is 0.488. The fourth-order valence-electron chi connectivity index (χ4n) is 1.63. The van der Waals surface area contributed by atoms with Crippen molar-refractivity contribution in [1.82, 2.24) is 0 Å². The maximum atomic E-state index is 12.4. The summed E-state index contributed by atoms with van der Waals surface area (Å²) in [5.41, 5.74) is 1.19. The summed E-state index contributed by atoms with van der Waals surface area (Å²) in [7, 11) is 1.58. The molecule has 0 aromatic heterocycles. The molecule has 5 heteroatoms. The Morgan fingerprint density at radius 1 is 1.26 bits per heavy atom. The van der Waals surface area contributed by atoms with Crippen molar-refractivity contribution in [3.05, 3.63) is 60.6 Å². The van der Waals surface area contributed by atoms with E-state index in [9.17, 15) is 4.79 Å². The smallest absolute Gasteiger partial charge is 0.194 e. The number of carbonyl (C=O) groups excluding carboxylic acids is 1. The first-order valence-corrected chi connectivity index (χ1v) is 7.61. The van der Waals surface area contributed by atoms with Crippen molar-refractivity contribution in [2.75, 3.05) is 7.11 Å². The van der Waals surface area contributed by atoms with E-state index in [-0.39, 0.29) is 5.78 Å². The second kappa shape index (κ2) is 6.24. The van der Waals surface area contributed by atoms with Crippen LogP contribution in [-0.2, 0) is 0 Å². The minimum absolute atomic E-state index is 0.0600. The SMILES string of the molecule is COc1ccc(C(=O)c2cc(Cl)ccc2I)cc1Br. The van der Waals surface area contributed by atoms with E-state index in [2.05, 4.69) is 38.5 Å². The summed E-state index contributed by atoms with van der Waals surface area (Å²) in [6.45, 7) is 0. The summed E-state index contributed by atoms with van der Waals surface area (Å²) in [6, 6.07) is 10.5.